The number of thiophene rings is 1. The number of amidine groups is 1. The number of rotatable bonds is 4. The molecule has 1 saturated heterocycles. The summed E-state index contributed by atoms with van der Waals surface area (Å²) in [6.45, 7) is 3.14. The molecule has 1 aromatic heterocycles. The molecule has 1 unspecified atom stereocenters. The van der Waals surface area contributed by atoms with Crippen molar-refractivity contribution in [2.45, 2.75) is 32.2 Å². The maximum absolute atomic E-state index is 4.63. The van der Waals surface area contributed by atoms with Crippen molar-refractivity contribution in [1.29, 1.82) is 0 Å². The third-order valence-corrected chi connectivity index (χ3v) is 4.45. The minimum Gasteiger partial charge on any atom is -0.362 e. The second kappa shape index (κ2) is 6.30. The van der Waals surface area contributed by atoms with Gasteiger partial charge in [-0.15, -0.1) is 0 Å². The molecule has 1 atom stereocenters. The molecule has 88 valence electrons. The fraction of sp³-hybridized carbons (Fsp3) is 0.583. The van der Waals surface area contributed by atoms with E-state index in [1.807, 2.05) is 11.8 Å². The summed E-state index contributed by atoms with van der Waals surface area (Å²) in [6, 6.07) is 2.82. The molecule has 4 heteroatoms. The van der Waals surface area contributed by atoms with Crippen LogP contribution >= 0.6 is 23.1 Å². The van der Waals surface area contributed by atoms with E-state index < -0.39 is 0 Å². The van der Waals surface area contributed by atoms with E-state index in [-0.39, 0.29) is 0 Å². The molecule has 1 N–H and O–H groups in total. The molecule has 0 radical (unpaired) electrons. The van der Waals surface area contributed by atoms with Crippen LogP contribution in [-0.4, -0.2) is 23.5 Å². The van der Waals surface area contributed by atoms with Crippen molar-refractivity contribution >= 4 is 28.3 Å². The summed E-state index contributed by atoms with van der Waals surface area (Å²) >= 11 is 3.62. The standard InChI is InChI=1S/C12H18N2S2/c1-2-11-5-8-16-12(14-11)13-6-3-10-4-7-15-9-10/h4,7,9,11H,2-3,5-6,8H2,1H3,(H,13,14). The van der Waals surface area contributed by atoms with E-state index >= 15 is 0 Å². The Bertz CT molecular complexity index is 333. The van der Waals surface area contributed by atoms with Crippen LogP contribution in [0.4, 0.5) is 0 Å². The van der Waals surface area contributed by atoms with Crippen molar-refractivity contribution in [2.75, 3.05) is 12.3 Å². The zero-order chi connectivity index (χ0) is 11.2. The van der Waals surface area contributed by atoms with Crippen LogP contribution in [0.5, 0.6) is 0 Å². The van der Waals surface area contributed by atoms with Gasteiger partial charge in [0, 0.05) is 18.3 Å². The van der Waals surface area contributed by atoms with Gasteiger partial charge >= 0.3 is 0 Å². The molecule has 0 spiro atoms. The van der Waals surface area contributed by atoms with Crippen molar-refractivity contribution in [3.63, 3.8) is 0 Å². The van der Waals surface area contributed by atoms with Gasteiger partial charge in [-0.3, -0.25) is 4.99 Å². The Morgan fingerprint density at radius 1 is 1.56 bits per heavy atom. The lowest BCUT2D eigenvalue weighted by Gasteiger charge is -2.24. The Hall–Kier alpha value is -0.480. The van der Waals surface area contributed by atoms with E-state index in [9.17, 15) is 0 Å². The van der Waals surface area contributed by atoms with Crippen LogP contribution in [0, 0.1) is 0 Å². The largest absolute Gasteiger partial charge is 0.362 e. The van der Waals surface area contributed by atoms with Crippen molar-refractivity contribution in [3.8, 4) is 0 Å². The van der Waals surface area contributed by atoms with Gasteiger partial charge in [-0.1, -0.05) is 18.7 Å². The summed E-state index contributed by atoms with van der Waals surface area (Å²) < 4.78 is 0. The zero-order valence-electron chi connectivity index (χ0n) is 9.61. The van der Waals surface area contributed by atoms with E-state index in [0.29, 0.717) is 6.04 Å². The number of thioether (sulfide) groups is 1. The fourth-order valence-electron chi connectivity index (χ4n) is 1.71. The monoisotopic (exact) mass is 254 g/mol. The Morgan fingerprint density at radius 3 is 3.25 bits per heavy atom. The molecule has 1 aromatic rings. The van der Waals surface area contributed by atoms with Gasteiger partial charge in [0.2, 0.25) is 0 Å². The highest BCUT2D eigenvalue weighted by molar-refractivity contribution is 8.13. The minimum absolute atomic E-state index is 0.640. The highest BCUT2D eigenvalue weighted by Crippen LogP contribution is 2.15. The summed E-state index contributed by atoms with van der Waals surface area (Å²) in [5.74, 6) is 1.21. The van der Waals surface area contributed by atoms with Gasteiger partial charge in [0.25, 0.3) is 0 Å². The number of nitrogens with zero attached hydrogens (tertiary/aromatic N) is 1. The van der Waals surface area contributed by atoms with Crippen LogP contribution in [-0.2, 0) is 6.42 Å². The molecule has 16 heavy (non-hydrogen) atoms. The third kappa shape index (κ3) is 3.52. The number of hydrogen-bond donors (Lipinski definition) is 1. The maximum Gasteiger partial charge on any atom is 0.156 e. The molecule has 2 heterocycles. The predicted molar refractivity (Wildman–Crippen MR) is 74.6 cm³/mol. The van der Waals surface area contributed by atoms with Crippen LogP contribution in [0.2, 0.25) is 0 Å². The summed E-state index contributed by atoms with van der Waals surface area (Å²) in [4.78, 5) is 4.63. The highest BCUT2D eigenvalue weighted by atomic mass is 32.2. The average molecular weight is 254 g/mol. The van der Waals surface area contributed by atoms with Crippen molar-refractivity contribution in [3.05, 3.63) is 22.4 Å². The Balaban J connectivity index is 1.78. The Kier molecular flexibility index (Phi) is 4.72. The first kappa shape index (κ1) is 12.0. The molecule has 1 fully saturated rings. The van der Waals surface area contributed by atoms with Gasteiger partial charge in [-0.25, -0.2) is 0 Å². The van der Waals surface area contributed by atoms with Gasteiger partial charge in [0.1, 0.15) is 0 Å². The minimum atomic E-state index is 0.640. The van der Waals surface area contributed by atoms with Gasteiger partial charge < -0.3 is 5.32 Å². The predicted octanol–water partition coefficient (Wildman–Crippen LogP) is 3.15. The van der Waals surface area contributed by atoms with Gasteiger partial charge in [0.15, 0.2) is 5.17 Å². The van der Waals surface area contributed by atoms with Crippen molar-refractivity contribution in [2.24, 2.45) is 4.99 Å². The molecule has 0 bridgehead atoms. The molecule has 2 nitrogen and oxygen atoms in total. The maximum atomic E-state index is 4.63. The summed E-state index contributed by atoms with van der Waals surface area (Å²) in [5.41, 5.74) is 1.40. The lowest BCUT2D eigenvalue weighted by molar-refractivity contribution is 0.570. The summed E-state index contributed by atoms with van der Waals surface area (Å²) in [5, 5.41) is 8.98. The fourth-order valence-corrected chi connectivity index (χ4v) is 3.44. The van der Waals surface area contributed by atoms with Gasteiger partial charge in [0.05, 0.1) is 0 Å². The smallest absolute Gasteiger partial charge is 0.156 e. The molecule has 0 aromatic carbocycles. The van der Waals surface area contributed by atoms with E-state index in [1.54, 1.807) is 11.3 Å². The summed E-state index contributed by atoms with van der Waals surface area (Å²) in [6.07, 6.45) is 3.53. The Morgan fingerprint density at radius 2 is 2.50 bits per heavy atom. The normalized spacial score (nSPS) is 23.3. The lowest BCUT2D eigenvalue weighted by Crippen LogP contribution is -2.37. The van der Waals surface area contributed by atoms with Crippen LogP contribution in [0.25, 0.3) is 0 Å². The molecular formula is C12H18N2S2. The third-order valence-electron chi connectivity index (χ3n) is 2.76. The quantitative estimate of drug-likeness (QED) is 0.892. The van der Waals surface area contributed by atoms with Gasteiger partial charge in [-0.2, -0.15) is 11.3 Å². The van der Waals surface area contributed by atoms with E-state index in [4.69, 9.17) is 0 Å². The molecular weight excluding hydrogens is 236 g/mol. The molecule has 0 saturated carbocycles. The first-order valence-corrected chi connectivity index (χ1v) is 7.76. The molecule has 1 aliphatic rings. The topological polar surface area (TPSA) is 24.4 Å². The van der Waals surface area contributed by atoms with E-state index in [1.165, 1.54) is 24.2 Å². The number of nitrogens with one attached hydrogen (secondary N) is 1. The first-order chi connectivity index (χ1) is 7.88. The van der Waals surface area contributed by atoms with Crippen LogP contribution in [0.15, 0.2) is 21.8 Å². The average Bonchev–Trinajstić information content (AvgIpc) is 2.82. The first-order valence-electron chi connectivity index (χ1n) is 5.83. The second-order valence-electron chi connectivity index (χ2n) is 3.96. The van der Waals surface area contributed by atoms with E-state index in [0.717, 1.165) is 18.1 Å². The Labute approximate surface area is 106 Å². The van der Waals surface area contributed by atoms with Gasteiger partial charge in [-0.05, 0) is 41.7 Å². The molecule has 1 aliphatic heterocycles. The van der Waals surface area contributed by atoms with Crippen LogP contribution in [0.3, 0.4) is 0 Å². The number of aliphatic imine (C=N–C) groups is 1. The van der Waals surface area contributed by atoms with Crippen molar-refractivity contribution in [1.82, 2.24) is 5.32 Å². The number of hydrogen-bond acceptors (Lipinski definition) is 3. The molecule has 2 rings (SSSR count). The van der Waals surface area contributed by atoms with Crippen molar-refractivity contribution < 1.29 is 0 Å². The highest BCUT2D eigenvalue weighted by Gasteiger charge is 2.14. The zero-order valence-corrected chi connectivity index (χ0v) is 11.2. The van der Waals surface area contributed by atoms with Crippen LogP contribution in [0.1, 0.15) is 25.3 Å². The molecule has 0 aliphatic carbocycles. The van der Waals surface area contributed by atoms with E-state index in [2.05, 4.69) is 34.1 Å². The van der Waals surface area contributed by atoms with Crippen LogP contribution < -0.4 is 5.32 Å². The lowest BCUT2D eigenvalue weighted by atomic mass is 10.2. The molecule has 0 amide bonds. The summed E-state index contributed by atoms with van der Waals surface area (Å²) in [7, 11) is 0. The second-order valence-corrected chi connectivity index (χ2v) is 5.82. The SMILES string of the molecule is CCC1CCSC(=NCCc2ccsc2)N1.